The molecule has 0 aliphatic carbocycles. The lowest BCUT2D eigenvalue weighted by Gasteiger charge is -2.23. The molecule has 2 aromatic carbocycles. The molecule has 1 N–H and O–H groups in total. The van der Waals surface area contributed by atoms with Gasteiger partial charge in [-0.15, -0.1) is 0 Å². The third-order valence-corrected chi connectivity index (χ3v) is 4.16. The first-order valence-corrected chi connectivity index (χ1v) is 8.76. The Kier molecular flexibility index (Phi) is 7.14. The van der Waals surface area contributed by atoms with Crippen molar-refractivity contribution in [1.82, 2.24) is 0 Å². The van der Waals surface area contributed by atoms with Crippen molar-refractivity contribution < 1.29 is 23.9 Å². The standard InChI is InChI=1S/C21H24N2O5/c1-14-5-10-19(27-3)18(13-14)23(15(2)24)12-11-20(25)22-17-8-6-16(7-9-17)21(26)28-4/h5-10,13H,11-12H2,1-4H3,(H,22,25). The summed E-state index contributed by atoms with van der Waals surface area (Å²) in [4.78, 5) is 37.4. The molecule has 0 saturated heterocycles. The molecule has 28 heavy (non-hydrogen) atoms. The highest BCUT2D eigenvalue weighted by molar-refractivity contribution is 5.96. The van der Waals surface area contributed by atoms with Gasteiger partial charge in [0.05, 0.1) is 25.5 Å². The SMILES string of the molecule is COC(=O)c1ccc(NC(=O)CCN(C(C)=O)c2cc(C)ccc2OC)cc1. The molecular weight excluding hydrogens is 360 g/mol. The minimum Gasteiger partial charge on any atom is -0.495 e. The van der Waals surface area contributed by atoms with E-state index in [1.165, 1.54) is 26.0 Å². The first kappa shape index (κ1) is 21.0. The lowest BCUT2D eigenvalue weighted by atomic mass is 10.1. The third kappa shape index (κ3) is 5.33. The zero-order valence-corrected chi connectivity index (χ0v) is 16.4. The van der Waals surface area contributed by atoms with Crippen molar-refractivity contribution in [2.75, 3.05) is 31.0 Å². The lowest BCUT2D eigenvalue weighted by molar-refractivity contribution is -0.117. The third-order valence-electron chi connectivity index (χ3n) is 4.16. The van der Waals surface area contributed by atoms with E-state index in [1.54, 1.807) is 30.3 Å². The largest absolute Gasteiger partial charge is 0.495 e. The number of rotatable bonds is 7. The molecule has 0 atom stereocenters. The Balaban J connectivity index is 2.04. The molecule has 0 radical (unpaired) electrons. The maximum atomic E-state index is 12.3. The normalized spacial score (nSPS) is 10.1. The fraction of sp³-hybridized carbons (Fsp3) is 0.286. The zero-order valence-electron chi connectivity index (χ0n) is 16.4. The van der Waals surface area contributed by atoms with Crippen LogP contribution in [0, 0.1) is 6.92 Å². The first-order valence-electron chi connectivity index (χ1n) is 8.76. The maximum absolute atomic E-state index is 12.3. The molecule has 0 aliphatic rings. The van der Waals surface area contributed by atoms with E-state index in [2.05, 4.69) is 10.1 Å². The van der Waals surface area contributed by atoms with Crippen molar-refractivity contribution in [2.24, 2.45) is 0 Å². The van der Waals surface area contributed by atoms with Crippen LogP contribution in [0.1, 0.15) is 29.3 Å². The van der Waals surface area contributed by atoms with Gasteiger partial charge in [0.25, 0.3) is 0 Å². The van der Waals surface area contributed by atoms with Gasteiger partial charge in [-0.25, -0.2) is 4.79 Å². The predicted octanol–water partition coefficient (Wildman–Crippen LogP) is 3.17. The topological polar surface area (TPSA) is 84.9 Å². The highest BCUT2D eigenvalue weighted by atomic mass is 16.5. The highest BCUT2D eigenvalue weighted by Gasteiger charge is 2.18. The molecule has 0 bridgehead atoms. The van der Waals surface area contributed by atoms with Crippen LogP contribution in [-0.2, 0) is 14.3 Å². The van der Waals surface area contributed by atoms with Crippen LogP contribution in [0.2, 0.25) is 0 Å². The van der Waals surface area contributed by atoms with E-state index >= 15 is 0 Å². The van der Waals surface area contributed by atoms with Gasteiger partial charge >= 0.3 is 5.97 Å². The molecule has 0 aromatic heterocycles. The number of nitrogens with one attached hydrogen (secondary N) is 1. The van der Waals surface area contributed by atoms with Gasteiger partial charge in [0, 0.05) is 25.6 Å². The number of aryl methyl sites for hydroxylation is 1. The highest BCUT2D eigenvalue weighted by Crippen LogP contribution is 2.29. The van der Waals surface area contributed by atoms with Crippen LogP contribution in [0.3, 0.4) is 0 Å². The fourth-order valence-corrected chi connectivity index (χ4v) is 2.70. The minimum absolute atomic E-state index is 0.107. The number of nitrogens with zero attached hydrogens (tertiary/aromatic N) is 1. The van der Waals surface area contributed by atoms with Gasteiger partial charge in [0.1, 0.15) is 5.75 Å². The summed E-state index contributed by atoms with van der Waals surface area (Å²) < 4.78 is 9.98. The summed E-state index contributed by atoms with van der Waals surface area (Å²) in [7, 11) is 2.85. The van der Waals surface area contributed by atoms with Gasteiger partial charge in [-0.3, -0.25) is 9.59 Å². The predicted molar refractivity (Wildman–Crippen MR) is 107 cm³/mol. The molecule has 2 amide bonds. The molecule has 148 valence electrons. The van der Waals surface area contributed by atoms with Gasteiger partial charge in [0.2, 0.25) is 11.8 Å². The molecule has 7 nitrogen and oxygen atoms in total. The van der Waals surface area contributed by atoms with Crippen LogP contribution < -0.4 is 15.0 Å². The van der Waals surface area contributed by atoms with Crippen molar-refractivity contribution in [3.63, 3.8) is 0 Å². The lowest BCUT2D eigenvalue weighted by Crippen LogP contribution is -2.32. The summed E-state index contributed by atoms with van der Waals surface area (Å²) in [6, 6.07) is 11.9. The Hall–Kier alpha value is -3.35. The quantitative estimate of drug-likeness (QED) is 0.741. The number of anilines is 2. The van der Waals surface area contributed by atoms with E-state index in [9.17, 15) is 14.4 Å². The van der Waals surface area contributed by atoms with Gasteiger partial charge in [-0.1, -0.05) is 6.07 Å². The summed E-state index contributed by atoms with van der Waals surface area (Å²) in [5.41, 5.74) is 2.57. The molecule has 0 fully saturated rings. The molecule has 0 unspecified atom stereocenters. The summed E-state index contributed by atoms with van der Waals surface area (Å²) in [5, 5.41) is 2.75. The van der Waals surface area contributed by atoms with Crippen molar-refractivity contribution in [1.29, 1.82) is 0 Å². The van der Waals surface area contributed by atoms with Crippen LogP contribution in [0.5, 0.6) is 5.75 Å². The maximum Gasteiger partial charge on any atom is 0.337 e. The van der Waals surface area contributed by atoms with Crippen LogP contribution in [0.15, 0.2) is 42.5 Å². The van der Waals surface area contributed by atoms with Gasteiger partial charge in [-0.05, 0) is 48.9 Å². The zero-order chi connectivity index (χ0) is 20.7. The van der Waals surface area contributed by atoms with Crippen LogP contribution in [0.4, 0.5) is 11.4 Å². The summed E-state index contributed by atoms with van der Waals surface area (Å²) in [6.45, 7) is 3.58. The number of carbonyl (C=O) groups is 3. The Labute approximate surface area is 164 Å². The van der Waals surface area contributed by atoms with E-state index in [0.29, 0.717) is 22.7 Å². The number of carbonyl (C=O) groups excluding carboxylic acids is 3. The minimum atomic E-state index is -0.443. The van der Waals surface area contributed by atoms with Crippen molar-refractivity contribution >= 4 is 29.2 Å². The van der Waals surface area contributed by atoms with Crippen molar-refractivity contribution in [2.45, 2.75) is 20.3 Å². The average Bonchev–Trinajstić information content (AvgIpc) is 2.68. The monoisotopic (exact) mass is 384 g/mol. The second-order valence-electron chi connectivity index (χ2n) is 6.21. The molecule has 0 aliphatic heterocycles. The molecule has 2 aromatic rings. The smallest absolute Gasteiger partial charge is 0.337 e. The Bertz CT molecular complexity index is 862. The van der Waals surface area contributed by atoms with Crippen LogP contribution >= 0.6 is 0 Å². The van der Waals surface area contributed by atoms with E-state index in [-0.39, 0.29) is 24.8 Å². The number of amides is 2. The second-order valence-corrected chi connectivity index (χ2v) is 6.21. The van der Waals surface area contributed by atoms with Crippen LogP contribution in [0.25, 0.3) is 0 Å². The number of benzene rings is 2. The van der Waals surface area contributed by atoms with Gasteiger partial charge in [0.15, 0.2) is 0 Å². The number of hydrogen-bond acceptors (Lipinski definition) is 5. The Morgan fingerprint density at radius 1 is 1.04 bits per heavy atom. The van der Waals surface area contributed by atoms with Gasteiger partial charge in [-0.2, -0.15) is 0 Å². The molecule has 0 spiro atoms. The molecule has 0 saturated carbocycles. The second kappa shape index (κ2) is 9.55. The number of methoxy groups -OCH3 is 2. The summed E-state index contributed by atoms with van der Waals surface area (Å²) >= 11 is 0. The van der Waals surface area contributed by atoms with E-state index in [0.717, 1.165) is 5.56 Å². The van der Waals surface area contributed by atoms with E-state index < -0.39 is 5.97 Å². The summed E-state index contributed by atoms with van der Waals surface area (Å²) in [6.07, 6.45) is 0.107. The Morgan fingerprint density at radius 2 is 1.71 bits per heavy atom. The molecule has 0 heterocycles. The van der Waals surface area contributed by atoms with Crippen LogP contribution in [-0.4, -0.2) is 38.5 Å². The average molecular weight is 384 g/mol. The van der Waals surface area contributed by atoms with Crippen molar-refractivity contribution in [3.05, 3.63) is 53.6 Å². The number of esters is 1. The fourth-order valence-electron chi connectivity index (χ4n) is 2.70. The first-order chi connectivity index (χ1) is 13.3. The van der Waals surface area contributed by atoms with Crippen molar-refractivity contribution in [3.8, 4) is 5.75 Å². The van der Waals surface area contributed by atoms with Gasteiger partial charge < -0.3 is 19.7 Å². The molecular formula is C21H24N2O5. The number of ether oxygens (including phenoxy) is 2. The summed E-state index contributed by atoms with van der Waals surface area (Å²) in [5.74, 6) is -0.301. The molecule has 2 rings (SSSR count). The van der Waals surface area contributed by atoms with E-state index in [4.69, 9.17) is 4.74 Å². The van der Waals surface area contributed by atoms with E-state index in [1.807, 2.05) is 19.1 Å². The molecule has 7 heteroatoms. The number of hydrogen-bond donors (Lipinski definition) is 1. The Morgan fingerprint density at radius 3 is 2.29 bits per heavy atom.